The van der Waals surface area contributed by atoms with Crippen molar-refractivity contribution in [2.45, 2.75) is 18.9 Å². The van der Waals surface area contributed by atoms with Crippen molar-refractivity contribution in [1.29, 1.82) is 0 Å². The average Bonchev–Trinajstić information content (AvgIpc) is 2.68. The van der Waals surface area contributed by atoms with Crippen molar-refractivity contribution in [2.75, 3.05) is 32.1 Å². The van der Waals surface area contributed by atoms with Crippen molar-refractivity contribution in [3.05, 3.63) is 48.0 Å². The molecule has 2 heterocycles. The molecule has 6 nitrogen and oxygen atoms in total. The van der Waals surface area contributed by atoms with Crippen LogP contribution in [0.4, 0.5) is 10.1 Å². The molecule has 0 aliphatic carbocycles. The summed E-state index contributed by atoms with van der Waals surface area (Å²) in [7, 11) is 3.15. The number of rotatable bonds is 4. The number of halogens is 1. The van der Waals surface area contributed by atoms with Crippen LogP contribution < -0.4 is 9.64 Å². The van der Waals surface area contributed by atoms with Crippen LogP contribution in [-0.2, 0) is 0 Å². The van der Waals surface area contributed by atoms with Gasteiger partial charge in [-0.2, -0.15) is 0 Å². The molecular formula is C19H22FN3O3. The Morgan fingerprint density at radius 1 is 1.27 bits per heavy atom. The second-order valence-electron chi connectivity index (χ2n) is 6.32. The van der Waals surface area contributed by atoms with E-state index in [1.54, 1.807) is 24.1 Å². The van der Waals surface area contributed by atoms with Crippen LogP contribution in [0, 0.1) is 5.82 Å². The average molecular weight is 359 g/mol. The van der Waals surface area contributed by atoms with Crippen LogP contribution in [0.15, 0.2) is 36.5 Å². The molecule has 1 aliphatic heterocycles. The van der Waals surface area contributed by atoms with E-state index in [0.717, 1.165) is 31.6 Å². The highest BCUT2D eigenvalue weighted by atomic mass is 19.1. The zero-order chi connectivity index (χ0) is 18.7. The van der Waals surface area contributed by atoms with E-state index in [2.05, 4.69) is 9.88 Å². The zero-order valence-corrected chi connectivity index (χ0v) is 14.9. The van der Waals surface area contributed by atoms with E-state index in [1.165, 1.54) is 31.5 Å². The van der Waals surface area contributed by atoms with Gasteiger partial charge in [0.05, 0.1) is 7.11 Å². The van der Waals surface area contributed by atoms with Crippen LogP contribution in [0.25, 0.3) is 0 Å². The Morgan fingerprint density at radius 2 is 1.92 bits per heavy atom. The molecule has 0 radical (unpaired) electrons. The van der Waals surface area contributed by atoms with Crippen molar-refractivity contribution in [1.82, 2.24) is 9.88 Å². The monoisotopic (exact) mass is 359 g/mol. The van der Waals surface area contributed by atoms with Gasteiger partial charge in [-0.25, -0.2) is 9.37 Å². The van der Waals surface area contributed by atoms with E-state index in [4.69, 9.17) is 4.74 Å². The summed E-state index contributed by atoms with van der Waals surface area (Å²) in [6, 6.07) is 7.99. The molecule has 1 amide bonds. The molecule has 3 rings (SSSR count). The summed E-state index contributed by atoms with van der Waals surface area (Å²) >= 11 is 0. The van der Waals surface area contributed by atoms with Gasteiger partial charge in [-0.05, 0) is 37.1 Å². The Kier molecular flexibility index (Phi) is 5.25. The molecule has 0 spiro atoms. The molecule has 1 fully saturated rings. The Hall–Kier alpha value is -2.83. The van der Waals surface area contributed by atoms with Crippen molar-refractivity contribution in [3.8, 4) is 11.5 Å². The SMILES string of the molecule is COc1ccnc(C(=O)N(C)C2CCN(c3ccc(F)cc3)CC2)c1O. The number of carbonyl (C=O) groups is 1. The molecule has 138 valence electrons. The van der Waals surface area contributed by atoms with Crippen molar-refractivity contribution >= 4 is 11.6 Å². The molecule has 0 atom stereocenters. The Balaban J connectivity index is 1.65. The van der Waals surface area contributed by atoms with Gasteiger partial charge in [0.1, 0.15) is 5.82 Å². The fraction of sp³-hybridized carbons (Fsp3) is 0.368. The normalized spacial score (nSPS) is 15.0. The molecule has 1 saturated heterocycles. The number of piperidine rings is 1. The summed E-state index contributed by atoms with van der Waals surface area (Å²) in [5.74, 6) is -0.598. The Labute approximate surface area is 151 Å². The first-order valence-electron chi connectivity index (χ1n) is 8.51. The maximum absolute atomic E-state index is 13.1. The lowest BCUT2D eigenvalue weighted by Gasteiger charge is -2.37. The number of benzene rings is 1. The Morgan fingerprint density at radius 3 is 2.54 bits per heavy atom. The van der Waals surface area contributed by atoms with Gasteiger partial charge in [0.15, 0.2) is 17.2 Å². The van der Waals surface area contributed by atoms with Crippen molar-refractivity contribution < 1.29 is 19.0 Å². The molecule has 26 heavy (non-hydrogen) atoms. The van der Waals surface area contributed by atoms with Crippen molar-refractivity contribution in [3.63, 3.8) is 0 Å². The fourth-order valence-corrected chi connectivity index (χ4v) is 3.25. The summed E-state index contributed by atoms with van der Waals surface area (Å²) in [4.78, 5) is 20.5. The Bertz CT molecular complexity index is 774. The number of hydrogen-bond donors (Lipinski definition) is 1. The van der Waals surface area contributed by atoms with Gasteiger partial charge in [-0.3, -0.25) is 4.79 Å². The first kappa shape index (κ1) is 18.0. The number of amides is 1. The van der Waals surface area contributed by atoms with Crippen LogP contribution in [0.1, 0.15) is 23.3 Å². The molecule has 0 unspecified atom stereocenters. The lowest BCUT2D eigenvalue weighted by molar-refractivity contribution is 0.0699. The maximum atomic E-state index is 13.1. The van der Waals surface area contributed by atoms with Crippen molar-refractivity contribution in [2.24, 2.45) is 0 Å². The lowest BCUT2D eigenvalue weighted by atomic mass is 10.0. The van der Waals surface area contributed by atoms with Crippen LogP contribution in [0.2, 0.25) is 0 Å². The fourth-order valence-electron chi connectivity index (χ4n) is 3.25. The maximum Gasteiger partial charge on any atom is 0.276 e. The number of ether oxygens (including phenoxy) is 1. The first-order valence-corrected chi connectivity index (χ1v) is 8.51. The quantitative estimate of drug-likeness (QED) is 0.909. The number of hydrogen-bond acceptors (Lipinski definition) is 5. The summed E-state index contributed by atoms with van der Waals surface area (Å²) < 4.78 is 18.1. The molecule has 7 heteroatoms. The van der Waals surface area contributed by atoms with Gasteiger partial charge in [-0.15, -0.1) is 0 Å². The van der Waals surface area contributed by atoms with Gasteiger partial charge in [0, 0.05) is 44.1 Å². The highest BCUT2D eigenvalue weighted by molar-refractivity contribution is 5.95. The topological polar surface area (TPSA) is 65.9 Å². The third kappa shape index (κ3) is 3.56. The largest absolute Gasteiger partial charge is 0.503 e. The van der Waals surface area contributed by atoms with E-state index in [0.29, 0.717) is 0 Å². The van der Waals surface area contributed by atoms with E-state index in [-0.39, 0.29) is 35.0 Å². The van der Waals surface area contributed by atoms with Crippen LogP contribution >= 0.6 is 0 Å². The standard InChI is InChI=1S/C19H22FN3O3/c1-22(19(25)17-18(24)16(26-2)7-10-21-17)14-8-11-23(12-9-14)15-5-3-13(20)4-6-15/h3-7,10,14,24H,8-9,11-12H2,1-2H3. The molecule has 1 N–H and O–H groups in total. The summed E-state index contributed by atoms with van der Waals surface area (Å²) in [5.41, 5.74) is 0.971. The molecule has 1 aromatic heterocycles. The molecule has 1 aromatic carbocycles. The minimum atomic E-state index is -0.332. The molecule has 1 aliphatic rings. The predicted octanol–water partition coefficient (Wildman–Crippen LogP) is 2.68. The smallest absolute Gasteiger partial charge is 0.276 e. The number of anilines is 1. The molecule has 2 aromatic rings. The van der Waals surface area contributed by atoms with Gasteiger partial charge >= 0.3 is 0 Å². The third-order valence-electron chi connectivity index (χ3n) is 4.83. The summed E-state index contributed by atoms with van der Waals surface area (Å²) in [6.07, 6.45) is 3.01. The summed E-state index contributed by atoms with van der Waals surface area (Å²) in [6.45, 7) is 1.54. The number of aromatic nitrogens is 1. The number of pyridine rings is 1. The van der Waals surface area contributed by atoms with Gasteiger partial charge < -0.3 is 19.6 Å². The number of methoxy groups -OCH3 is 1. The van der Waals surface area contributed by atoms with E-state index in [1.807, 2.05) is 0 Å². The number of nitrogens with zero attached hydrogens (tertiary/aromatic N) is 3. The van der Waals surface area contributed by atoms with Crippen LogP contribution in [0.5, 0.6) is 11.5 Å². The summed E-state index contributed by atoms with van der Waals surface area (Å²) in [5, 5.41) is 10.1. The number of aromatic hydroxyl groups is 1. The molecule has 0 bridgehead atoms. The lowest BCUT2D eigenvalue weighted by Crippen LogP contribution is -2.45. The highest BCUT2D eigenvalue weighted by Crippen LogP contribution is 2.29. The second-order valence-corrected chi connectivity index (χ2v) is 6.32. The van der Waals surface area contributed by atoms with Crippen LogP contribution in [-0.4, -0.2) is 54.2 Å². The van der Waals surface area contributed by atoms with E-state index < -0.39 is 0 Å². The van der Waals surface area contributed by atoms with E-state index in [9.17, 15) is 14.3 Å². The van der Waals surface area contributed by atoms with Crippen LogP contribution in [0.3, 0.4) is 0 Å². The highest BCUT2D eigenvalue weighted by Gasteiger charge is 2.28. The third-order valence-corrected chi connectivity index (χ3v) is 4.83. The van der Waals surface area contributed by atoms with Gasteiger partial charge in [0.25, 0.3) is 5.91 Å². The molecule has 0 saturated carbocycles. The zero-order valence-electron chi connectivity index (χ0n) is 14.9. The predicted molar refractivity (Wildman–Crippen MR) is 96.2 cm³/mol. The van der Waals surface area contributed by atoms with E-state index >= 15 is 0 Å². The minimum absolute atomic E-state index is 0.00665. The first-order chi connectivity index (χ1) is 12.5. The second kappa shape index (κ2) is 7.59. The van der Waals surface area contributed by atoms with Gasteiger partial charge in [-0.1, -0.05) is 0 Å². The molecular weight excluding hydrogens is 337 g/mol. The van der Waals surface area contributed by atoms with Gasteiger partial charge in [0.2, 0.25) is 0 Å². The minimum Gasteiger partial charge on any atom is -0.503 e. The number of carbonyl (C=O) groups excluding carboxylic acids is 1.